The Labute approximate surface area is 131 Å². The number of anilines is 1. The number of halogens is 1. The van der Waals surface area contributed by atoms with Crippen LogP contribution in [-0.2, 0) is 0 Å². The van der Waals surface area contributed by atoms with Gasteiger partial charge in [-0.15, -0.1) is 0 Å². The molecule has 0 amide bonds. The SMILES string of the molecule is CCNc1cc(C)nc(-c2nc3ccccc3cc2Br)n1. The van der Waals surface area contributed by atoms with Gasteiger partial charge in [0.2, 0.25) is 0 Å². The number of benzene rings is 1. The molecule has 0 atom stereocenters. The summed E-state index contributed by atoms with van der Waals surface area (Å²) >= 11 is 3.58. The summed E-state index contributed by atoms with van der Waals surface area (Å²) in [5.41, 5.74) is 2.61. The zero-order chi connectivity index (χ0) is 14.8. The quantitative estimate of drug-likeness (QED) is 0.775. The van der Waals surface area contributed by atoms with E-state index in [0.717, 1.165) is 39.1 Å². The van der Waals surface area contributed by atoms with Gasteiger partial charge in [0.15, 0.2) is 5.82 Å². The molecule has 0 spiro atoms. The lowest BCUT2D eigenvalue weighted by molar-refractivity contribution is 1.07. The van der Waals surface area contributed by atoms with Crippen molar-refractivity contribution in [3.05, 3.63) is 46.6 Å². The van der Waals surface area contributed by atoms with Crippen LogP contribution in [0.4, 0.5) is 5.82 Å². The van der Waals surface area contributed by atoms with Gasteiger partial charge < -0.3 is 5.32 Å². The van der Waals surface area contributed by atoms with Gasteiger partial charge in [-0.2, -0.15) is 0 Å². The van der Waals surface area contributed by atoms with Crippen LogP contribution in [0.2, 0.25) is 0 Å². The van der Waals surface area contributed by atoms with E-state index in [-0.39, 0.29) is 0 Å². The van der Waals surface area contributed by atoms with E-state index in [0.29, 0.717) is 5.82 Å². The highest BCUT2D eigenvalue weighted by Gasteiger charge is 2.11. The third-order valence-corrected chi connectivity index (χ3v) is 3.71. The Morgan fingerprint density at radius 1 is 1.10 bits per heavy atom. The fraction of sp³-hybridized carbons (Fsp3) is 0.188. The second-order valence-electron chi connectivity index (χ2n) is 4.76. The van der Waals surface area contributed by atoms with Gasteiger partial charge in [-0.3, -0.25) is 0 Å². The van der Waals surface area contributed by atoms with E-state index >= 15 is 0 Å². The molecule has 106 valence electrons. The lowest BCUT2D eigenvalue weighted by Crippen LogP contribution is -2.03. The molecule has 0 aliphatic carbocycles. The first-order valence-electron chi connectivity index (χ1n) is 6.82. The molecule has 1 N–H and O–H groups in total. The van der Waals surface area contributed by atoms with Gasteiger partial charge >= 0.3 is 0 Å². The average Bonchev–Trinajstić information content (AvgIpc) is 2.46. The Kier molecular flexibility index (Phi) is 3.84. The molecule has 2 aromatic heterocycles. The molecule has 21 heavy (non-hydrogen) atoms. The molecule has 0 unspecified atom stereocenters. The zero-order valence-corrected chi connectivity index (χ0v) is 13.5. The first-order chi connectivity index (χ1) is 10.2. The fourth-order valence-electron chi connectivity index (χ4n) is 2.19. The first-order valence-corrected chi connectivity index (χ1v) is 7.62. The zero-order valence-electron chi connectivity index (χ0n) is 11.9. The number of aryl methyl sites for hydroxylation is 1. The number of rotatable bonds is 3. The van der Waals surface area contributed by atoms with E-state index in [1.165, 1.54) is 0 Å². The normalized spacial score (nSPS) is 10.8. The van der Waals surface area contributed by atoms with Crippen molar-refractivity contribution in [3.8, 4) is 11.5 Å². The molecular weight excluding hydrogens is 328 g/mol. The summed E-state index contributed by atoms with van der Waals surface area (Å²) in [4.78, 5) is 13.7. The number of nitrogens with one attached hydrogen (secondary N) is 1. The van der Waals surface area contributed by atoms with Crippen LogP contribution in [0, 0.1) is 6.92 Å². The van der Waals surface area contributed by atoms with E-state index in [1.54, 1.807) is 0 Å². The number of para-hydroxylation sites is 1. The molecule has 0 aliphatic rings. The number of hydrogen-bond acceptors (Lipinski definition) is 4. The molecule has 4 nitrogen and oxygen atoms in total. The Morgan fingerprint density at radius 2 is 1.90 bits per heavy atom. The highest BCUT2D eigenvalue weighted by Crippen LogP contribution is 2.28. The van der Waals surface area contributed by atoms with Crippen LogP contribution >= 0.6 is 15.9 Å². The summed E-state index contributed by atoms with van der Waals surface area (Å²) in [6.45, 7) is 4.82. The lowest BCUT2D eigenvalue weighted by Gasteiger charge is -2.09. The minimum atomic E-state index is 0.628. The van der Waals surface area contributed by atoms with Crippen molar-refractivity contribution in [2.24, 2.45) is 0 Å². The summed E-state index contributed by atoms with van der Waals surface area (Å²) in [7, 11) is 0. The van der Waals surface area contributed by atoms with E-state index in [9.17, 15) is 0 Å². The van der Waals surface area contributed by atoms with Crippen molar-refractivity contribution in [1.29, 1.82) is 0 Å². The van der Waals surface area contributed by atoms with Gasteiger partial charge in [0, 0.05) is 28.2 Å². The molecule has 0 bridgehead atoms. The molecule has 3 aromatic rings. The number of nitrogens with zero attached hydrogens (tertiary/aromatic N) is 3. The molecular formula is C16H15BrN4. The molecule has 0 radical (unpaired) electrons. The predicted molar refractivity (Wildman–Crippen MR) is 89.4 cm³/mol. The number of hydrogen-bond donors (Lipinski definition) is 1. The first kappa shape index (κ1) is 13.9. The van der Waals surface area contributed by atoms with Crippen LogP contribution in [0.15, 0.2) is 40.9 Å². The van der Waals surface area contributed by atoms with Crippen LogP contribution in [0.3, 0.4) is 0 Å². The monoisotopic (exact) mass is 342 g/mol. The van der Waals surface area contributed by atoms with Crippen molar-refractivity contribution in [1.82, 2.24) is 15.0 Å². The van der Waals surface area contributed by atoms with Crippen LogP contribution in [0.5, 0.6) is 0 Å². The van der Waals surface area contributed by atoms with Crippen LogP contribution in [-0.4, -0.2) is 21.5 Å². The molecule has 5 heteroatoms. The molecule has 3 rings (SSSR count). The Morgan fingerprint density at radius 3 is 2.71 bits per heavy atom. The Balaban J connectivity index is 2.17. The molecule has 0 aliphatic heterocycles. The van der Waals surface area contributed by atoms with Crippen LogP contribution < -0.4 is 5.32 Å². The van der Waals surface area contributed by atoms with Gasteiger partial charge in [-0.1, -0.05) is 18.2 Å². The van der Waals surface area contributed by atoms with Crippen molar-refractivity contribution in [2.45, 2.75) is 13.8 Å². The average molecular weight is 343 g/mol. The number of pyridine rings is 1. The second-order valence-corrected chi connectivity index (χ2v) is 5.61. The van der Waals surface area contributed by atoms with Gasteiger partial charge in [-0.25, -0.2) is 15.0 Å². The number of aromatic nitrogens is 3. The predicted octanol–water partition coefficient (Wildman–Crippen LogP) is 4.19. The summed E-state index contributed by atoms with van der Waals surface area (Å²) in [5.74, 6) is 1.45. The van der Waals surface area contributed by atoms with Gasteiger partial charge in [0.05, 0.1) is 5.52 Å². The standard InChI is InChI=1S/C16H15BrN4/c1-3-18-14-8-10(2)19-16(21-14)15-12(17)9-11-6-4-5-7-13(11)20-15/h4-9H,3H2,1-2H3,(H,18,19,21). The maximum atomic E-state index is 4.69. The van der Waals surface area contributed by atoms with Crippen molar-refractivity contribution >= 4 is 32.7 Å². The lowest BCUT2D eigenvalue weighted by atomic mass is 10.2. The van der Waals surface area contributed by atoms with Gasteiger partial charge in [0.25, 0.3) is 0 Å². The summed E-state index contributed by atoms with van der Waals surface area (Å²) in [6, 6.07) is 12.0. The molecule has 0 fully saturated rings. The van der Waals surface area contributed by atoms with Gasteiger partial charge in [-0.05, 0) is 41.9 Å². The minimum Gasteiger partial charge on any atom is -0.370 e. The molecule has 2 heterocycles. The second kappa shape index (κ2) is 5.77. The molecule has 0 saturated carbocycles. The highest BCUT2D eigenvalue weighted by molar-refractivity contribution is 9.10. The number of fused-ring (bicyclic) bond motifs is 1. The van der Waals surface area contributed by atoms with E-state index in [2.05, 4.69) is 42.3 Å². The maximum Gasteiger partial charge on any atom is 0.181 e. The maximum absolute atomic E-state index is 4.69. The van der Waals surface area contributed by atoms with E-state index in [4.69, 9.17) is 0 Å². The van der Waals surface area contributed by atoms with Crippen LogP contribution in [0.1, 0.15) is 12.6 Å². The van der Waals surface area contributed by atoms with Crippen LogP contribution in [0.25, 0.3) is 22.4 Å². The summed E-state index contributed by atoms with van der Waals surface area (Å²) in [5, 5.41) is 4.31. The smallest absolute Gasteiger partial charge is 0.181 e. The Bertz CT molecular complexity index is 801. The third-order valence-electron chi connectivity index (χ3n) is 3.10. The Hall–Kier alpha value is -2.01. The molecule has 1 aromatic carbocycles. The van der Waals surface area contributed by atoms with E-state index < -0.39 is 0 Å². The third kappa shape index (κ3) is 2.88. The summed E-state index contributed by atoms with van der Waals surface area (Å²) < 4.78 is 0.897. The van der Waals surface area contributed by atoms with Gasteiger partial charge in [0.1, 0.15) is 11.5 Å². The minimum absolute atomic E-state index is 0.628. The molecule has 0 saturated heterocycles. The largest absolute Gasteiger partial charge is 0.370 e. The summed E-state index contributed by atoms with van der Waals surface area (Å²) in [6.07, 6.45) is 0. The van der Waals surface area contributed by atoms with E-state index in [1.807, 2.05) is 44.2 Å². The topological polar surface area (TPSA) is 50.7 Å². The van der Waals surface area contributed by atoms with Crippen molar-refractivity contribution in [2.75, 3.05) is 11.9 Å². The van der Waals surface area contributed by atoms with Crippen molar-refractivity contribution in [3.63, 3.8) is 0 Å². The fourth-order valence-corrected chi connectivity index (χ4v) is 2.71. The van der Waals surface area contributed by atoms with Crippen molar-refractivity contribution < 1.29 is 0 Å². The highest BCUT2D eigenvalue weighted by atomic mass is 79.9.